The fraction of sp³-hybridized carbons (Fsp3) is 0. The van der Waals surface area contributed by atoms with Gasteiger partial charge >= 0.3 is 0 Å². The third-order valence-corrected chi connectivity index (χ3v) is 1.63. The molecule has 0 aromatic carbocycles. The Morgan fingerprint density at radius 1 is 1.25 bits per heavy atom. The van der Waals surface area contributed by atoms with E-state index in [0.29, 0.717) is 5.69 Å². The predicted molar refractivity (Wildman–Crippen MR) is 44.3 cm³/mol. The average molecular weight is 157 g/mol. The minimum atomic E-state index is 0.315. The highest BCUT2D eigenvalue weighted by Gasteiger charge is 1.95. The van der Waals surface area contributed by atoms with Gasteiger partial charge < -0.3 is 0 Å². The SMILES string of the molecule is O=[C]c1cc2cnccc2cn1. The summed E-state index contributed by atoms with van der Waals surface area (Å²) in [6.45, 7) is 0. The lowest BCUT2D eigenvalue weighted by Crippen LogP contribution is -1.86. The Morgan fingerprint density at radius 2 is 2.17 bits per heavy atom. The van der Waals surface area contributed by atoms with Crippen LogP contribution in [0.15, 0.2) is 30.7 Å². The Labute approximate surface area is 69.1 Å². The van der Waals surface area contributed by atoms with Crippen LogP contribution in [0.1, 0.15) is 5.69 Å². The molecule has 2 aromatic heterocycles. The molecule has 2 heterocycles. The van der Waals surface area contributed by atoms with Crippen molar-refractivity contribution in [3.8, 4) is 0 Å². The molecule has 0 saturated carbocycles. The van der Waals surface area contributed by atoms with E-state index in [1.807, 2.05) is 6.07 Å². The molecule has 2 aromatic rings. The molecule has 3 nitrogen and oxygen atoms in total. The van der Waals surface area contributed by atoms with Gasteiger partial charge in [-0.3, -0.25) is 14.8 Å². The molecule has 12 heavy (non-hydrogen) atoms. The van der Waals surface area contributed by atoms with Gasteiger partial charge in [0.15, 0.2) is 0 Å². The molecule has 0 spiro atoms. The first-order chi connectivity index (χ1) is 5.90. The maximum atomic E-state index is 10.2. The van der Waals surface area contributed by atoms with E-state index in [4.69, 9.17) is 0 Å². The van der Waals surface area contributed by atoms with Crippen LogP contribution in [0, 0.1) is 0 Å². The van der Waals surface area contributed by atoms with E-state index >= 15 is 0 Å². The summed E-state index contributed by atoms with van der Waals surface area (Å²) in [5, 5.41) is 1.88. The van der Waals surface area contributed by atoms with Gasteiger partial charge in [0.25, 0.3) is 6.29 Å². The molecule has 0 unspecified atom stereocenters. The summed E-state index contributed by atoms with van der Waals surface area (Å²) in [5.74, 6) is 0. The number of aromatic nitrogens is 2. The van der Waals surface area contributed by atoms with Crippen molar-refractivity contribution in [2.45, 2.75) is 0 Å². The van der Waals surface area contributed by atoms with Gasteiger partial charge in [0.2, 0.25) is 0 Å². The molecule has 1 radical (unpaired) electrons. The van der Waals surface area contributed by atoms with Gasteiger partial charge in [-0.2, -0.15) is 0 Å². The molecule has 0 aliphatic heterocycles. The zero-order chi connectivity index (χ0) is 8.39. The van der Waals surface area contributed by atoms with Crippen LogP contribution in [-0.4, -0.2) is 16.3 Å². The van der Waals surface area contributed by atoms with E-state index in [1.54, 1.807) is 30.9 Å². The van der Waals surface area contributed by atoms with Gasteiger partial charge in [-0.1, -0.05) is 0 Å². The third kappa shape index (κ3) is 1.05. The lowest BCUT2D eigenvalue weighted by molar-refractivity contribution is 0.561. The number of pyridine rings is 2. The fourth-order valence-corrected chi connectivity index (χ4v) is 1.04. The standard InChI is InChI=1S/C9H5N2O/c12-6-9-3-8-4-10-2-1-7(8)5-11-9/h1-5H. The van der Waals surface area contributed by atoms with E-state index in [9.17, 15) is 4.79 Å². The Balaban J connectivity index is 2.75. The first kappa shape index (κ1) is 6.91. The predicted octanol–water partition coefficient (Wildman–Crippen LogP) is 1.09. The normalized spacial score (nSPS) is 10.0. The summed E-state index contributed by atoms with van der Waals surface area (Å²) < 4.78 is 0. The molecule has 0 bridgehead atoms. The molecule has 0 aliphatic rings. The minimum absolute atomic E-state index is 0.315. The first-order valence-corrected chi connectivity index (χ1v) is 3.48. The van der Waals surface area contributed by atoms with Crippen molar-refractivity contribution in [2.24, 2.45) is 0 Å². The van der Waals surface area contributed by atoms with Gasteiger partial charge in [-0.05, 0) is 12.1 Å². The zero-order valence-electron chi connectivity index (χ0n) is 6.19. The van der Waals surface area contributed by atoms with Crippen molar-refractivity contribution in [1.82, 2.24) is 9.97 Å². The van der Waals surface area contributed by atoms with Crippen molar-refractivity contribution in [1.29, 1.82) is 0 Å². The van der Waals surface area contributed by atoms with Crippen LogP contribution in [0.25, 0.3) is 10.8 Å². The zero-order valence-corrected chi connectivity index (χ0v) is 6.19. The Morgan fingerprint density at radius 3 is 3.00 bits per heavy atom. The molecule has 57 valence electrons. The maximum Gasteiger partial charge on any atom is 0.253 e. The highest BCUT2D eigenvalue weighted by atomic mass is 16.1. The van der Waals surface area contributed by atoms with Crippen molar-refractivity contribution >= 4 is 17.1 Å². The Kier molecular flexibility index (Phi) is 1.55. The van der Waals surface area contributed by atoms with Gasteiger partial charge in [0.05, 0.1) is 0 Å². The molecular formula is C9H5N2O. The van der Waals surface area contributed by atoms with Crippen LogP contribution in [0.5, 0.6) is 0 Å². The molecule has 0 N–H and O–H groups in total. The molecule has 0 atom stereocenters. The minimum Gasteiger partial charge on any atom is -0.283 e. The van der Waals surface area contributed by atoms with Crippen molar-refractivity contribution in [2.75, 3.05) is 0 Å². The number of carbonyl (C=O) groups excluding carboxylic acids is 1. The molecular weight excluding hydrogens is 152 g/mol. The monoisotopic (exact) mass is 157 g/mol. The van der Waals surface area contributed by atoms with Gasteiger partial charge in [-0.15, -0.1) is 0 Å². The van der Waals surface area contributed by atoms with Crippen molar-refractivity contribution < 1.29 is 4.79 Å². The van der Waals surface area contributed by atoms with E-state index < -0.39 is 0 Å². The first-order valence-electron chi connectivity index (χ1n) is 3.48. The summed E-state index contributed by atoms with van der Waals surface area (Å²) >= 11 is 0. The number of rotatable bonds is 1. The average Bonchev–Trinajstić information content (AvgIpc) is 2.17. The van der Waals surface area contributed by atoms with Gasteiger partial charge in [0.1, 0.15) is 5.69 Å². The summed E-state index contributed by atoms with van der Waals surface area (Å²) in [5.41, 5.74) is 0.315. The number of hydrogen-bond acceptors (Lipinski definition) is 3. The van der Waals surface area contributed by atoms with Crippen LogP contribution in [0.4, 0.5) is 0 Å². The molecule has 0 aliphatic carbocycles. The second-order valence-electron chi connectivity index (χ2n) is 2.39. The largest absolute Gasteiger partial charge is 0.283 e. The number of hydrogen-bond donors (Lipinski definition) is 0. The number of fused-ring (bicyclic) bond motifs is 1. The summed E-state index contributed by atoms with van der Waals surface area (Å²) in [6, 6.07) is 3.51. The van der Waals surface area contributed by atoms with Crippen LogP contribution in [0.2, 0.25) is 0 Å². The number of nitrogens with zero attached hydrogens (tertiary/aromatic N) is 2. The molecule has 0 fully saturated rings. The van der Waals surface area contributed by atoms with Crippen LogP contribution < -0.4 is 0 Å². The van der Waals surface area contributed by atoms with E-state index in [2.05, 4.69) is 9.97 Å². The molecule has 0 amide bonds. The van der Waals surface area contributed by atoms with E-state index in [-0.39, 0.29) is 0 Å². The molecule has 0 saturated heterocycles. The molecule has 2 rings (SSSR count). The van der Waals surface area contributed by atoms with Gasteiger partial charge in [0, 0.05) is 29.4 Å². The van der Waals surface area contributed by atoms with Crippen molar-refractivity contribution in [3.05, 3.63) is 36.4 Å². The highest BCUT2D eigenvalue weighted by Crippen LogP contribution is 2.10. The highest BCUT2D eigenvalue weighted by molar-refractivity contribution is 5.85. The second-order valence-corrected chi connectivity index (χ2v) is 2.39. The lowest BCUT2D eigenvalue weighted by atomic mass is 10.2. The van der Waals surface area contributed by atoms with Gasteiger partial charge in [-0.25, -0.2) is 0 Å². The maximum absolute atomic E-state index is 10.2. The Bertz CT molecular complexity index is 426. The van der Waals surface area contributed by atoms with E-state index in [1.165, 1.54) is 0 Å². The Hall–Kier alpha value is -1.77. The van der Waals surface area contributed by atoms with E-state index in [0.717, 1.165) is 10.8 Å². The third-order valence-electron chi connectivity index (χ3n) is 1.63. The van der Waals surface area contributed by atoms with Crippen LogP contribution >= 0.6 is 0 Å². The lowest BCUT2D eigenvalue weighted by Gasteiger charge is -1.94. The summed E-state index contributed by atoms with van der Waals surface area (Å²) in [7, 11) is 0. The van der Waals surface area contributed by atoms with Crippen molar-refractivity contribution in [3.63, 3.8) is 0 Å². The smallest absolute Gasteiger partial charge is 0.253 e. The fourth-order valence-electron chi connectivity index (χ4n) is 1.04. The second kappa shape index (κ2) is 2.70. The summed E-state index contributed by atoms with van der Waals surface area (Å²) in [6.07, 6.45) is 6.75. The van der Waals surface area contributed by atoms with Crippen LogP contribution in [0.3, 0.4) is 0 Å². The molecule has 3 heteroatoms. The summed E-state index contributed by atoms with van der Waals surface area (Å²) in [4.78, 5) is 18.0. The topological polar surface area (TPSA) is 42.9 Å². The quantitative estimate of drug-likeness (QED) is 0.622. The van der Waals surface area contributed by atoms with Crippen LogP contribution in [-0.2, 0) is 4.79 Å².